The Bertz CT molecular complexity index is 1360. The molecule has 0 radical (unpaired) electrons. The molecular weight excluding hydrogens is 460 g/mol. The predicted octanol–water partition coefficient (Wildman–Crippen LogP) is 5.71. The van der Waals surface area contributed by atoms with Crippen LogP contribution in [0.15, 0.2) is 76.7 Å². The first-order valence-electron chi connectivity index (χ1n) is 11.4. The van der Waals surface area contributed by atoms with Gasteiger partial charge in [0.2, 0.25) is 5.91 Å². The van der Waals surface area contributed by atoms with E-state index < -0.39 is 0 Å². The van der Waals surface area contributed by atoms with Crippen LogP contribution in [0.1, 0.15) is 36.9 Å². The van der Waals surface area contributed by atoms with Crippen LogP contribution in [0.4, 0.5) is 0 Å². The number of ether oxygens (including phenoxy) is 2. The molecule has 2 aromatic carbocycles. The number of methoxy groups -OCH3 is 2. The molecule has 0 bridgehead atoms. The van der Waals surface area contributed by atoms with E-state index in [1.165, 1.54) is 0 Å². The number of rotatable bonds is 7. The summed E-state index contributed by atoms with van der Waals surface area (Å²) in [5, 5.41) is 15.5. The molecule has 5 rings (SSSR count). The SMILES string of the molecule is CCC(=O)N1N=C(c2ccc(OC)c(OC)c2)C[C@@H]1c1cn(-c2ccccc2)nc1-c1ccsc1. The number of thiophene rings is 1. The van der Waals surface area contributed by atoms with E-state index in [4.69, 9.17) is 19.7 Å². The number of hydrazone groups is 1. The number of nitrogens with zero attached hydrogens (tertiary/aromatic N) is 4. The van der Waals surface area contributed by atoms with Crippen molar-refractivity contribution in [3.63, 3.8) is 0 Å². The molecule has 0 fully saturated rings. The second-order valence-electron chi connectivity index (χ2n) is 8.15. The van der Waals surface area contributed by atoms with Crippen LogP contribution in [0.3, 0.4) is 0 Å². The summed E-state index contributed by atoms with van der Waals surface area (Å²) in [7, 11) is 3.22. The Morgan fingerprint density at radius 2 is 1.86 bits per heavy atom. The number of carbonyl (C=O) groups is 1. The first-order chi connectivity index (χ1) is 17.1. The zero-order valence-corrected chi connectivity index (χ0v) is 20.7. The fourth-order valence-electron chi connectivity index (χ4n) is 4.30. The van der Waals surface area contributed by atoms with E-state index in [9.17, 15) is 4.79 Å². The molecule has 0 unspecified atom stereocenters. The van der Waals surface area contributed by atoms with E-state index in [2.05, 4.69) is 11.4 Å². The van der Waals surface area contributed by atoms with Gasteiger partial charge in [-0.05, 0) is 41.8 Å². The van der Waals surface area contributed by atoms with E-state index >= 15 is 0 Å². The van der Waals surface area contributed by atoms with Gasteiger partial charge in [-0.1, -0.05) is 25.1 Å². The van der Waals surface area contributed by atoms with Gasteiger partial charge in [0.05, 0.1) is 37.4 Å². The van der Waals surface area contributed by atoms with Crippen molar-refractivity contribution in [2.75, 3.05) is 14.2 Å². The summed E-state index contributed by atoms with van der Waals surface area (Å²) in [4.78, 5) is 13.0. The van der Waals surface area contributed by atoms with Crippen LogP contribution in [-0.4, -0.2) is 40.6 Å². The van der Waals surface area contributed by atoms with Gasteiger partial charge in [0.1, 0.15) is 0 Å². The number of aromatic nitrogens is 2. The molecule has 1 aliphatic heterocycles. The fraction of sp³-hybridized carbons (Fsp3) is 0.222. The molecule has 8 heteroatoms. The maximum absolute atomic E-state index is 13.0. The zero-order valence-electron chi connectivity index (χ0n) is 19.8. The number of hydrogen-bond acceptors (Lipinski definition) is 6. The Balaban J connectivity index is 1.59. The summed E-state index contributed by atoms with van der Waals surface area (Å²) >= 11 is 1.62. The Kier molecular flexibility index (Phi) is 6.37. The van der Waals surface area contributed by atoms with Crippen LogP contribution in [0.2, 0.25) is 0 Å². The molecule has 0 spiro atoms. The summed E-state index contributed by atoms with van der Waals surface area (Å²) in [5.41, 5.74) is 5.53. The maximum Gasteiger partial charge on any atom is 0.242 e. The van der Waals surface area contributed by atoms with Gasteiger partial charge in [-0.3, -0.25) is 4.79 Å². The van der Waals surface area contributed by atoms with Crippen LogP contribution in [0.5, 0.6) is 11.5 Å². The highest BCUT2D eigenvalue weighted by molar-refractivity contribution is 7.08. The standard InChI is InChI=1S/C27H26N4O3S/c1-4-26(32)31-23(15-22(28-31)18-10-11-24(33-2)25(14-18)34-3)21-16-30(20-8-6-5-7-9-20)29-27(21)19-12-13-35-17-19/h5-14,16-17,23H,4,15H2,1-3H3/t23-/m1/s1. The third-order valence-corrected chi connectivity index (χ3v) is 6.79. The molecule has 3 heterocycles. The number of amides is 1. The summed E-state index contributed by atoms with van der Waals surface area (Å²) in [6.45, 7) is 1.86. The predicted molar refractivity (Wildman–Crippen MR) is 137 cm³/mol. The number of para-hydroxylation sites is 1. The Morgan fingerprint density at radius 3 is 2.54 bits per heavy atom. The lowest BCUT2D eigenvalue weighted by Crippen LogP contribution is -2.26. The fourth-order valence-corrected chi connectivity index (χ4v) is 4.94. The van der Waals surface area contributed by atoms with Gasteiger partial charge in [0, 0.05) is 41.1 Å². The molecule has 0 aliphatic carbocycles. The van der Waals surface area contributed by atoms with E-state index in [0.29, 0.717) is 24.3 Å². The van der Waals surface area contributed by atoms with Gasteiger partial charge < -0.3 is 9.47 Å². The third-order valence-electron chi connectivity index (χ3n) is 6.10. The van der Waals surface area contributed by atoms with E-state index in [-0.39, 0.29) is 11.9 Å². The van der Waals surface area contributed by atoms with Crippen LogP contribution in [0.25, 0.3) is 16.9 Å². The minimum absolute atomic E-state index is 0.0331. The minimum atomic E-state index is -0.266. The molecule has 1 atom stereocenters. The molecule has 7 nitrogen and oxygen atoms in total. The molecule has 35 heavy (non-hydrogen) atoms. The van der Waals surface area contributed by atoms with Gasteiger partial charge in [-0.25, -0.2) is 9.69 Å². The topological polar surface area (TPSA) is 69.0 Å². The molecule has 0 saturated heterocycles. The van der Waals surface area contributed by atoms with Crippen molar-refractivity contribution in [1.82, 2.24) is 14.8 Å². The quantitative estimate of drug-likeness (QED) is 0.336. The number of benzene rings is 2. The van der Waals surface area contributed by atoms with Crippen molar-refractivity contribution >= 4 is 23.0 Å². The lowest BCUT2D eigenvalue weighted by Gasteiger charge is -2.21. The average molecular weight is 487 g/mol. The lowest BCUT2D eigenvalue weighted by atomic mass is 9.97. The van der Waals surface area contributed by atoms with Gasteiger partial charge >= 0.3 is 0 Å². The highest BCUT2D eigenvalue weighted by atomic mass is 32.1. The lowest BCUT2D eigenvalue weighted by molar-refractivity contribution is -0.132. The summed E-state index contributed by atoms with van der Waals surface area (Å²) < 4.78 is 12.8. The largest absolute Gasteiger partial charge is 0.493 e. The molecular formula is C27H26N4O3S. The minimum Gasteiger partial charge on any atom is -0.493 e. The van der Waals surface area contributed by atoms with E-state index in [0.717, 1.165) is 33.8 Å². The maximum atomic E-state index is 13.0. The molecule has 1 amide bonds. The Labute approximate surface area is 208 Å². The molecule has 178 valence electrons. The van der Waals surface area contributed by atoms with Crippen molar-refractivity contribution in [2.24, 2.45) is 5.10 Å². The van der Waals surface area contributed by atoms with E-state index in [1.807, 2.05) is 71.7 Å². The highest BCUT2D eigenvalue weighted by Gasteiger charge is 2.35. The third kappa shape index (κ3) is 4.33. The molecule has 4 aromatic rings. The number of hydrogen-bond donors (Lipinski definition) is 0. The first-order valence-corrected chi connectivity index (χ1v) is 12.4. The van der Waals surface area contributed by atoms with Gasteiger partial charge in [-0.15, -0.1) is 0 Å². The van der Waals surface area contributed by atoms with Crippen molar-refractivity contribution in [3.8, 4) is 28.4 Å². The van der Waals surface area contributed by atoms with Crippen LogP contribution in [0, 0.1) is 0 Å². The normalized spacial score (nSPS) is 15.2. The van der Waals surface area contributed by atoms with Crippen molar-refractivity contribution in [1.29, 1.82) is 0 Å². The molecule has 1 aliphatic rings. The molecule has 2 aromatic heterocycles. The number of carbonyl (C=O) groups excluding carboxylic acids is 1. The average Bonchev–Trinajstić information content (AvgIpc) is 3.67. The van der Waals surface area contributed by atoms with Crippen molar-refractivity contribution < 1.29 is 14.3 Å². The van der Waals surface area contributed by atoms with Crippen LogP contribution < -0.4 is 9.47 Å². The molecule has 0 saturated carbocycles. The van der Waals surface area contributed by atoms with Gasteiger partial charge in [-0.2, -0.15) is 21.5 Å². The molecule has 0 N–H and O–H groups in total. The van der Waals surface area contributed by atoms with Crippen LogP contribution >= 0.6 is 11.3 Å². The van der Waals surface area contributed by atoms with E-state index in [1.54, 1.807) is 30.6 Å². The second kappa shape index (κ2) is 9.76. The highest BCUT2D eigenvalue weighted by Crippen LogP contribution is 2.40. The Hall–Kier alpha value is -3.91. The van der Waals surface area contributed by atoms with Gasteiger partial charge in [0.15, 0.2) is 11.5 Å². The summed E-state index contributed by atoms with van der Waals surface area (Å²) in [5.74, 6) is 1.24. The summed E-state index contributed by atoms with van der Waals surface area (Å²) in [6.07, 6.45) is 2.95. The Morgan fingerprint density at radius 1 is 1.06 bits per heavy atom. The first kappa shape index (κ1) is 22.9. The van der Waals surface area contributed by atoms with Gasteiger partial charge in [0.25, 0.3) is 0 Å². The second-order valence-corrected chi connectivity index (χ2v) is 8.93. The smallest absolute Gasteiger partial charge is 0.242 e. The van der Waals surface area contributed by atoms with Crippen molar-refractivity contribution in [3.05, 3.63) is 82.7 Å². The van der Waals surface area contributed by atoms with Crippen molar-refractivity contribution in [2.45, 2.75) is 25.8 Å². The zero-order chi connectivity index (χ0) is 24.4. The summed E-state index contributed by atoms with van der Waals surface area (Å²) in [6, 6.07) is 17.5. The van der Waals surface area contributed by atoms with Crippen LogP contribution in [-0.2, 0) is 4.79 Å². The monoisotopic (exact) mass is 486 g/mol.